The zero-order chi connectivity index (χ0) is 14.8. The van der Waals surface area contributed by atoms with Gasteiger partial charge in [-0.3, -0.25) is 4.79 Å². The SMILES string of the molecule is Cn1cc(CCC(=O)O)c2c(N3CCOCC3)cccc21. The lowest BCUT2D eigenvalue weighted by atomic mass is 10.1. The summed E-state index contributed by atoms with van der Waals surface area (Å²) in [4.78, 5) is 13.2. The molecular formula is C16H20N2O3. The van der Waals surface area contributed by atoms with Gasteiger partial charge < -0.3 is 19.3 Å². The molecule has 1 N–H and O–H groups in total. The molecule has 1 saturated heterocycles. The van der Waals surface area contributed by atoms with Crippen molar-refractivity contribution in [3.8, 4) is 0 Å². The van der Waals surface area contributed by atoms with Crippen molar-refractivity contribution < 1.29 is 14.6 Å². The summed E-state index contributed by atoms with van der Waals surface area (Å²) in [6.45, 7) is 3.25. The van der Waals surface area contributed by atoms with Gasteiger partial charge in [0, 0.05) is 43.8 Å². The summed E-state index contributed by atoms with van der Waals surface area (Å²) in [6.07, 6.45) is 2.78. The number of aromatic nitrogens is 1. The fraction of sp³-hybridized carbons (Fsp3) is 0.438. The van der Waals surface area contributed by atoms with Crippen LogP contribution in [0.5, 0.6) is 0 Å². The number of anilines is 1. The van der Waals surface area contributed by atoms with Crippen molar-refractivity contribution in [1.82, 2.24) is 4.57 Å². The van der Waals surface area contributed by atoms with Crippen LogP contribution in [0.1, 0.15) is 12.0 Å². The molecule has 2 heterocycles. The molecule has 0 unspecified atom stereocenters. The van der Waals surface area contributed by atoms with Crippen molar-refractivity contribution in [2.45, 2.75) is 12.8 Å². The number of carbonyl (C=O) groups is 1. The Morgan fingerprint density at radius 1 is 1.33 bits per heavy atom. The molecule has 0 saturated carbocycles. The van der Waals surface area contributed by atoms with Crippen LogP contribution in [0.2, 0.25) is 0 Å². The summed E-state index contributed by atoms with van der Waals surface area (Å²) in [5.41, 5.74) is 3.45. The molecule has 1 aromatic carbocycles. The Hall–Kier alpha value is -2.01. The summed E-state index contributed by atoms with van der Waals surface area (Å²) in [5.74, 6) is -0.754. The summed E-state index contributed by atoms with van der Waals surface area (Å²) >= 11 is 0. The van der Waals surface area contributed by atoms with Crippen LogP contribution in [0.3, 0.4) is 0 Å². The first kappa shape index (κ1) is 13.9. The van der Waals surface area contributed by atoms with Gasteiger partial charge in [-0.1, -0.05) is 6.07 Å². The highest BCUT2D eigenvalue weighted by Gasteiger charge is 2.18. The number of carboxylic acid groups (broad SMARTS) is 1. The Bertz CT molecular complexity index is 657. The van der Waals surface area contributed by atoms with Gasteiger partial charge >= 0.3 is 5.97 Å². The number of carboxylic acids is 1. The molecule has 1 aromatic heterocycles. The van der Waals surface area contributed by atoms with E-state index in [1.165, 1.54) is 11.1 Å². The number of fused-ring (bicyclic) bond motifs is 1. The molecule has 0 spiro atoms. The van der Waals surface area contributed by atoms with Gasteiger partial charge in [-0.25, -0.2) is 0 Å². The van der Waals surface area contributed by atoms with Crippen LogP contribution in [0, 0.1) is 0 Å². The molecule has 0 aliphatic carbocycles. The molecule has 3 rings (SSSR count). The van der Waals surface area contributed by atoms with Crippen molar-refractivity contribution in [3.05, 3.63) is 30.0 Å². The number of hydrogen-bond acceptors (Lipinski definition) is 3. The Balaban J connectivity index is 2.04. The zero-order valence-electron chi connectivity index (χ0n) is 12.2. The Labute approximate surface area is 123 Å². The first-order valence-electron chi connectivity index (χ1n) is 7.28. The van der Waals surface area contributed by atoms with Crippen molar-refractivity contribution >= 4 is 22.6 Å². The lowest BCUT2D eigenvalue weighted by Gasteiger charge is -2.29. The Kier molecular flexibility index (Phi) is 3.84. The van der Waals surface area contributed by atoms with Crippen molar-refractivity contribution in [1.29, 1.82) is 0 Å². The number of morpholine rings is 1. The maximum Gasteiger partial charge on any atom is 0.303 e. The molecular weight excluding hydrogens is 268 g/mol. The van der Waals surface area contributed by atoms with Gasteiger partial charge in [-0.05, 0) is 24.1 Å². The van der Waals surface area contributed by atoms with E-state index in [0.717, 1.165) is 37.4 Å². The van der Waals surface area contributed by atoms with Gasteiger partial charge in [-0.15, -0.1) is 0 Å². The van der Waals surface area contributed by atoms with Crippen LogP contribution in [-0.2, 0) is 23.0 Å². The second-order valence-electron chi connectivity index (χ2n) is 5.43. The third-order valence-electron chi connectivity index (χ3n) is 4.03. The average Bonchev–Trinajstić information content (AvgIpc) is 2.83. The predicted octanol–water partition coefficient (Wildman–Crippen LogP) is 2.03. The molecule has 1 aliphatic rings. The molecule has 21 heavy (non-hydrogen) atoms. The number of ether oxygens (including phenoxy) is 1. The van der Waals surface area contributed by atoms with Crippen LogP contribution >= 0.6 is 0 Å². The van der Waals surface area contributed by atoms with E-state index in [9.17, 15) is 4.79 Å². The van der Waals surface area contributed by atoms with Gasteiger partial charge in [0.25, 0.3) is 0 Å². The maximum absolute atomic E-state index is 10.9. The third kappa shape index (κ3) is 2.74. The summed E-state index contributed by atoms with van der Waals surface area (Å²) in [6, 6.07) is 6.27. The fourth-order valence-corrected chi connectivity index (χ4v) is 3.02. The van der Waals surface area contributed by atoms with Crippen LogP contribution in [0.15, 0.2) is 24.4 Å². The summed E-state index contributed by atoms with van der Waals surface area (Å²) in [7, 11) is 2.01. The van der Waals surface area contributed by atoms with Crippen LogP contribution < -0.4 is 4.90 Å². The smallest absolute Gasteiger partial charge is 0.303 e. The molecule has 0 atom stereocenters. The average molecular weight is 288 g/mol. The molecule has 0 radical (unpaired) electrons. The number of aliphatic carboxylic acids is 1. The second-order valence-corrected chi connectivity index (χ2v) is 5.43. The molecule has 112 valence electrons. The van der Waals surface area contributed by atoms with E-state index >= 15 is 0 Å². The zero-order valence-corrected chi connectivity index (χ0v) is 12.2. The lowest BCUT2D eigenvalue weighted by Crippen LogP contribution is -2.36. The minimum Gasteiger partial charge on any atom is -0.481 e. The number of hydrogen-bond donors (Lipinski definition) is 1. The van der Waals surface area contributed by atoms with E-state index in [4.69, 9.17) is 9.84 Å². The first-order chi connectivity index (χ1) is 10.2. The third-order valence-corrected chi connectivity index (χ3v) is 4.03. The number of aryl methyl sites for hydroxylation is 2. The van der Waals surface area contributed by atoms with Crippen LogP contribution in [-0.4, -0.2) is 41.9 Å². The highest BCUT2D eigenvalue weighted by atomic mass is 16.5. The predicted molar refractivity (Wildman–Crippen MR) is 81.9 cm³/mol. The maximum atomic E-state index is 10.9. The topological polar surface area (TPSA) is 54.7 Å². The molecule has 0 bridgehead atoms. The normalized spacial score (nSPS) is 15.6. The van der Waals surface area contributed by atoms with Gasteiger partial charge in [-0.2, -0.15) is 0 Å². The number of benzene rings is 1. The minimum absolute atomic E-state index is 0.163. The minimum atomic E-state index is -0.754. The van der Waals surface area contributed by atoms with E-state index in [-0.39, 0.29) is 6.42 Å². The fourth-order valence-electron chi connectivity index (χ4n) is 3.02. The van der Waals surface area contributed by atoms with E-state index in [1.807, 2.05) is 7.05 Å². The Morgan fingerprint density at radius 2 is 2.10 bits per heavy atom. The van der Waals surface area contributed by atoms with E-state index < -0.39 is 5.97 Å². The van der Waals surface area contributed by atoms with Gasteiger partial charge in [0.15, 0.2) is 0 Å². The highest BCUT2D eigenvalue weighted by molar-refractivity contribution is 5.96. The number of nitrogens with zero attached hydrogens (tertiary/aromatic N) is 2. The largest absolute Gasteiger partial charge is 0.481 e. The van der Waals surface area contributed by atoms with Crippen molar-refractivity contribution in [3.63, 3.8) is 0 Å². The van der Waals surface area contributed by atoms with Gasteiger partial charge in [0.1, 0.15) is 0 Å². The lowest BCUT2D eigenvalue weighted by molar-refractivity contribution is -0.136. The highest BCUT2D eigenvalue weighted by Crippen LogP contribution is 2.32. The van der Waals surface area contributed by atoms with Crippen LogP contribution in [0.4, 0.5) is 5.69 Å². The standard InChI is InChI=1S/C16H20N2O3/c1-17-11-12(5-6-15(19)20)16-13(17)3-2-4-14(16)18-7-9-21-10-8-18/h2-4,11H,5-10H2,1H3,(H,19,20). The van der Waals surface area contributed by atoms with E-state index in [0.29, 0.717) is 6.42 Å². The molecule has 5 heteroatoms. The molecule has 2 aromatic rings. The number of rotatable bonds is 4. The van der Waals surface area contributed by atoms with Gasteiger partial charge in [0.05, 0.1) is 18.7 Å². The van der Waals surface area contributed by atoms with E-state index in [1.54, 1.807) is 0 Å². The molecule has 0 amide bonds. The molecule has 1 aliphatic heterocycles. The van der Waals surface area contributed by atoms with Crippen molar-refractivity contribution in [2.75, 3.05) is 31.2 Å². The quantitative estimate of drug-likeness (QED) is 0.935. The monoisotopic (exact) mass is 288 g/mol. The van der Waals surface area contributed by atoms with Crippen molar-refractivity contribution in [2.24, 2.45) is 7.05 Å². The van der Waals surface area contributed by atoms with E-state index in [2.05, 4.69) is 33.9 Å². The summed E-state index contributed by atoms with van der Waals surface area (Å²) < 4.78 is 7.50. The van der Waals surface area contributed by atoms with Crippen LogP contribution in [0.25, 0.3) is 10.9 Å². The molecule has 1 fully saturated rings. The molecule has 5 nitrogen and oxygen atoms in total. The summed E-state index contributed by atoms with van der Waals surface area (Å²) in [5, 5.41) is 10.1. The van der Waals surface area contributed by atoms with Gasteiger partial charge in [0.2, 0.25) is 0 Å². The second kappa shape index (κ2) is 5.77. The Morgan fingerprint density at radius 3 is 2.81 bits per heavy atom. The first-order valence-corrected chi connectivity index (χ1v) is 7.28.